The topological polar surface area (TPSA) is 87.2 Å². The Morgan fingerprint density at radius 1 is 1.21 bits per heavy atom. The lowest BCUT2D eigenvalue weighted by Gasteiger charge is -2.37. The second-order valence-electron chi connectivity index (χ2n) is 10.3. The van der Waals surface area contributed by atoms with Gasteiger partial charge in [0.1, 0.15) is 6.04 Å². The van der Waals surface area contributed by atoms with Crippen molar-refractivity contribution in [3.05, 3.63) is 54.6 Å². The number of amides is 2. The Balaban J connectivity index is 1.70. The molecular formula is C29H36BrClN2O5S. The van der Waals surface area contributed by atoms with Gasteiger partial charge in [-0.25, -0.2) is 0 Å². The Morgan fingerprint density at radius 2 is 1.92 bits per heavy atom. The number of ether oxygens (including phenoxy) is 1. The molecule has 3 fully saturated rings. The van der Waals surface area contributed by atoms with Gasteiger partial charge in [-0.2, -0.15) is 0 Å². The number of carbonyl (C=O) groups excluding carboxylic acids is 3. The second kappa shape index (κ2) is 13.2. The molecule has 1 aromatic carbocycles. The monoisotopic (exact) mass is 638 g/mol. The Kier molecular flexibility index (Phi) is 10.2. The third kappa shape index (κ3) is 5.83. The van der Waals surface area contributed by atoms with Crippen LogP contribution in [-0.2, 0) is 19.1 Å². The smallest absolute Gasteiger partial charge is 0.310 e. The molecular weight excluding hydrogens is 604 g/mol. The van der Waals surface area contributed by atoms with E-state index in [2.05, 4.69) is 29.1 Å². The van der Waals surface area contributed by atoms with Crippen molar-refractivity contribution in [1.29, 1.82) is 0 Å². The molecule has 10 heteroatoms. The zero-order valence-electron chi connectivity index (χ0n) is 22.0. The molecule has 1 aromatic rings. The van der Waals surface area contributed by atoms with Gasteiger partial charge in [-0.1, -0.05) is 52.5 Å². The summed E-state index contributed by atoms with van der Waals surface area (Å²) in [5.74, 6) is -1.96. The molecule has 6 atom stereocenters. The molecule has 0 saturated carbocycles. The minimum Gasteiger partial charge on any atom is -0.465 e. The van der Waals surface area contributed by atoms with Gasteiger partial charge in [0, 0.05) is 40.5 Å². The largest absolute Gasteiger partial charge is 0.465 e. The maximum atomic E-state index is 14.5. The number of fused-ring (bicyclic) bond motifs is 1. The number of carbonyl (C=O) groups is 3. The molecule has 0 radical (unpaired) electrons. The summed E-state index contributed by atoms with van der Waals surface area (Å²) in [7, 11) is 0. The number of aliphatic hydroxyl groups is 1. The predicted octanol–water partition coefficient (Wildman–Crippen LogP) is 5.00. The van der Waals surface area contributed by atoms with Crippen LogP contribution in [0, 0.1) is 11.8 Å². The van der Waals surface area contributed by atoms with E-state index in [0.29, 0.717) is 42.9 Å². The van der Waals surface area contributed by atoms with Crippen LogP contribution in [-0.4, -0.2) is 75.0 Å². The highest BCUT2D eigenvalue weighted by Gasteiger charge is 2.76. The summed E-state index contributed by atoms with van der Waals surface area (Å²) in [5, 5.41) is 9.56. The number of rotatable bonds is 14. The third-order valence-electron chi connectivity index (χ3n) is 7.88. The van der Waals surface area contributed by atoms with Crippen LogP contribution in [0.5, 0.6) is 0 Å². The first-order valence-corrected chi connectivity index (χ1v) is 15.7. The van der Waals surface area contributed by atoms with Crippen molar-refractivity contribution in [1.82, 2.24) is 4.90 Å². The fraction of sp³-hybridized carbons (Fsp3) is 0.552. The standard InChI is InChI=1S/C29H36BrClN2O5S/c1-3-5-17-38-28(37)22-23-26(35)33(15-8-6-7-9-16-34)25(29(23)18-21(30)24(22)39-29)27(36)32(14-4-2)20-12-10-19(31)11-13-20/h3-4,10-13,21-25,34H,1-2,5-9,14-18H2/t21?,22-,23+,24-,25?,29?/m1/s1. The zero-order valence-corrected chi connectivity index (χ0v) is 25.1. The van der Waals surface area contributed by atoms with Crippen molar-refractivity contribution in [2.24, 2.45) is 11.8 Å². The number of hydrogen-bond donors (Lipinski definition) is 1. The van der Waals surface area contributed by atoms with Crippen LogP contribution in [0.25, 0.3) is 0 Å². The summed E-state index contributed by atoms with van der Waals surface area (Å²) >= 11 is 11.5. The highest BCUT2D eigenvalue weighted by atomic mass is 79.9. The fourth-order valence-corrected chi connectivity index (χ4v) is 9.95. The Hall–Kier alpha value is -1.81. The summed E-state index contributed by atoms with van der Waals surface area (Å²) in [6.45, 7) is 8.58. The van der Waals surface area contributed by atoms with E-state index in [0.717, 1.165) is 12.8 Å². The SMILES string of the molecule is C=CCCOC(=O)[C@H]1[C@@H]2SC3(CC2Br)C(C(=O)N(CC=C)c2ccc(Cl)cc2)N(CCCCCCO)C(=O)[C@H]13. The van der Waals surface area contributed by atoms with Crippen LogP contribution in [0.1, 0.15) is 38.5 Å². The van der Waals surface area contributed by atoms with Crippen LogP contribution in [0.2, 0.25) is 5.02 Å². The van der Waals surface area contributed by atoms with E-state index in [1.807, 2.05) is 0 Å². The van der Waals surface area contributed by atoms with Gasteiger partial charge in [0.25, 0.3) is 5.91 Å². The van der Waals surface area contributed by atoms with E-state index in [1.54, 1.807) is 58.0 Å². The number of esters is 1. The van der Waals surface area contributed by atoms with Crippen LogP contribution < -0.4 is 4.90 Å². The normalized spacial score (nSPS) is 28.8. The molecule has 0 aromatic heterocycles. The maximum Gasteiger partial charge on any atom is 0.310 e. The molecule has 2 bridgehead atoms. The van der Waals surface area contributed by atoms with Gasteiger partial charge < -0.3 is 19.6 Å². The number of benzene rings is 1. The Labute approximate surface area is 248 Å². The van der Waals surface area contributed by atoms with Crippen molar-refractivity contribution < 1.29 is 24.2 Å². The molecule has 212 valence electrons. The van der Waals surface area contributed by atoms with Crippen molar-refractivity contribution in [3.8, 4) is 0 Å². The minimum atomic E-state index is -0.744. The van der Waals surface area contributed by atoms with E-state index in [4.69, 9.17) is 21.4 Å². The predicted molar refractivity (Wildman–Crippen MR) is 159 cm³/mol. The average molecular weight is 640 g/mol. The molecule has 1 spiro atoms. The molecule has 2 amide bonds. The number of anilines is 1. The molecule has 39 heavy (non-hydrogen) atoms. The molecule has 3 unspecified atom stereocenters. The van der Waals surface area contributed by atoms with Gasteiger partial charge in [0.05, 0.1) is 23.2 Å². The number of likely N-dealkylation sites (tertiary alicyclic amines) is 1. The number of aliphatic hydroxyl groups excluding tert-OH is 1. The molecule has 3 heterocycles. The second-order valence-corrected chi connectivity index (χ2v) is 13.4. The lowest BCUT2D eigenvalue weighted by Crippen LogP contribution is -2.55. The van der Waals surface area contributed by atoms with Crippen LogP contribution in [0.3, 0.4) is 0 Å². The highest BCUT2D eigenvalue weighted by molar-refractivity contribution is 9.09. The van der Waals surface area contributed by atoms with Crippen molar-refractivity contribution in [2.45, 2.75) is 59.4 Å². The molecule has 1 N–H and O–H groups in total. The lowest BCUT2D eigenvalue weighted by atomic mass is 9.71. The zero-order chi connectivity index (χ0) is 28.2. The molecule has 0 aliphatic carbocycles. The number of thioether (sulfide) groups is 1. The van der Waals surface area contributed by atoms with Gasteiger partial charge in [0.2, 0.25) is 5.91 Å². The molecule has 4 rings (SSSR count). The average Bonchev–Trinajstić information content (AvgIpc) is 3.51. The van der Waals surface area contributed by atoms with E-state index >= 15 is 0 Å². The van der Waals surface area contributed by atoms with Crippen LogP contribution in [0.4, 0.5) is 5.69 Å². The first kappa shape index (κ1) is 30.2. The van der Waals surface area contributed by atoms with Gasteiger partial charge in [-0.05, 0) is 49.9 Å². The summed E-state index contributed by atoms with van der Waals surface area (Å²) in [6.07, 6.45) is 7.60. The minimum absolute atomic E-state index is 0.0216. The number of halogens is 2. The molecule has 3 aliphatic rings. The van der Waals surface area contributed by atoms with Crippen LogP contribution in [0.15, 0.2) is 49.6 Å². The van der Waals surface area contributed by atoms with E-state index in [1.165, 1.54) is 0 Å². The first-order chi connectivity index (χ1) is 18.8. The number of unbranched alkanes of at least 4 members (excludes halogenated alkanes) is 3. The van der Waals surface area contributed by atoms with Gasteiger partial charge in [0.15, 0.2) is 0 Å². The summed E-state index contributed by atoms with van der Waals surface area (Å²) in [4.78, 5) is 45.3. The highest BCUT2D eigenvalue weighted by Crippen LogP contribution is 2.68. The van der Waals surface area contributed by atoms with E-state index in [9.17, 15) is 14.4 Å². The van der Waals surface area contributed by atoms with Gasteiger partial charge >= 0.3 is 5.97 Å². The van der Waals surface area contributed by atoms with E-state index in [-0.39, 0.29) is 47.6 Å². The Bertz CT molecular complexity index is 1090. The fourth-order valence-electron chi connectivity index (χ4n) is 6.23. The first-order valence-electron chi connectivity index (χ1n) is 13.5. The summed E-state index contributed by atoms with van der Waals surface area (Å²) in [5.41, 5.74) is 0.674. The van der Waals surface area contributed by atoms with Crippen molar-refractivity contribution in [2.75, 3.05) is 31.2 Å². The quantitative estimate of drug-likeness (QED) is 0.134. The molecule has 3 saturated heterocycles. The lowest BCUT2D eigenvalue weighted by molar-refractivity contribution is -0.154. The van der Waals surface area contributed by atoms with Crippen molar-refractivity contribution >= 4 is 62.8 Å². The Morgan fingerprint density at radius 3 is 2.59 bits per heavy atom. The third-order valence-corrected chi connectivity index (χ3v) is 11.4. The van der Waals surface area contributed by atoms with Crippen molar-refractivity contribution in [3.63, 3.8) is 0 Å². The molecule has 3 aliphatic heterocycles. The van der Waals surface area contributed by atoms with Crippen LogP contribution >= 0.6 is 39.3 Å². The summed E-state index contributed by atoms with van der Waals surface area (Å²) < 4.78 is 4.84. The number of nitrogens with zero attached hydrogens (tertiary/aromatic N) is 2. The maximum absolute atomic E-state index is 14.5. The number of hydrogen-bond acceptors (Lipinski definition) is 6. The molecule has 7 nitrogen and oxygen atoms in total. The van der Waals surface area contributed by atoms with Gasteiger partial charge in [-0.15, -0.1) is 24.9 Å². The number of alkyl halides is 1. The summed E-state index contributed by atoms with van der Waals surface area (Å²) in [6, 6.07) is 6.33. The van der Waals surface area contributed by atoms with Gasteiger partial charge in [-0.3, -0.25) is 14.4 Å². The van der Waals surface area contributed by atoms with E-state index < -0.39 is 22.6 Å².